The summed E-state index contributed by atoms with van der Waals surface area (Å²) in [5.41, 5.74) is 2.57. The first-order chi connectivity index (χ1) is 12.9. The zero-order valence-corrected chi connectivity index (χ0v) is 15.3. The fraction of sp³-hybridized carbons (Fsp3) is 0.263. The molecule has 8 heteroatoms. The van der Waals surface area contributed by atoms with Crippen molar-refractivity contribution in [2.75, 3.05) is 10.6 Å². The number of sulfonamides is 1. The number of nitrogens with one attached hydrogen (secondary N) is 3. The van der Waals surface area contributed by atoms with Crippen molar-refractivity contribution in [1.29, 1.82) is 0 Å². The molecule has 2 aromatic carbocycles. The van der Waals surface area contributed by atoms with Crippen LogP contribution in [0.2, 0.25) is 0 Å². The molecule has 1 fully saturated rings. The highest BCUT2D eigenvalue weighted by Crippen LogP contribution is 2.26. The summed E-state index contributed by atoms with van der Waals surface area (Å²) < 4.78 is 27.3. The van der Waals surface area contributed by atoms with Crippen molar-refractivity contribution in [2.45, 2.75) is 36.6 Å². The number of fused-ring (bicyclic) bond motifs is 1. The Bertz CT molecular complexity index is 1030. The molecule has 0 atom stereocenters. The number of aryl methyl sites for hydroxylation is 1. The summed E-state index contributed by atoms with van der Waals surface area (Å²) in [6.45, 7) is 0. The molecule has 2 aromatic rings. The normalized spacial score (nSPS) is 16.4. The van der Waals surface area contributed by atoms with Crippen LogP contribution in [0.4, 0.5) is 11.4 Å². The predicted octanol–water partition coefficient (Wildman–Crippen LogP) is 2.26. The second kappa shape index (κ2) is 6.79. The summed E-state index contributed by atoms with van der Waals surface area (Å²) in [6, 6.07) is 11.3. The maximum Gasteiger partial charge on any atom is 0.255 e. The van der Waals surface area contributed by atoms with Gasteiger partial charge in [0.05, 0.1) is 4.90 Å². The highest BCUT2D eigenvalue weighted by molar-refractivity contribution is 7.89. The molecule has 1 saturated carbocycles. The number of amides is 2. The number of carbonyl (C=O) groups excluding carboxylic acids is 2. The van der Waals surface area contributed by atoms with Crippen LogP contribution < -0.4 is 15.4 Å². The third kappa shape index (κ3) is 4.01. The van der Waals surface area contributed by atoms with Gasteiger partial charge in [-0.2, -0.15) is 0 Å². The van der Waals surface area contributed by atoms with Gasteiger partial charge in [0.1, 0.15) is 0 Å². The lowest BCUT2D eigenvalue weighted by molar-refractivity contribution is -0.116. The monoisotopic (exact) mass is 385 g/mol. The Morgan fingerprint density at radius 1 is 1.07 bits per heavy atom. The first kappa shape index (κ1) is 17.7. The lowest BCUT2D eigenvalue weighted by Gasteiger charge is -2.17. The Labute approximate surface area is 157 Å². The average Bonchev–Trinajstić information content (AvgIpc) is 3.45. The zero-order valence-electron chi connectivity index (χ0n) is 14.5. The molecule has 1 aliphatic heterocycles. The number of carbonyl (C=O) groups is 2. The minimum absolute atomic E-state index is 0.00321. The summed E-state index contributed by atoms with van der Waals surface area (Å²) in [7, 11) is -3.61. The van der Waals surface area contributed by atoms with Gasteiger partial charge in [0.15, 0.2) is 0 Å². The summed E-state index contributed by atoms with van der Waals surface area (Å²) in [4.78, 5) is 24.1. The molecule has 7 nitrogen and oxygen atoms in total. The molecule has 3 N–H and O–H groups in total. The molecule has 0 radical (unpaired) electrons. The Kier molecular flexibility index (Phi) is 4.45. The molecule has 2 aliphatic rings. The fourth-order valence-electron chi connectivity index (χ4n) is 2.96. The molecule has 0 unspecified atom stereocenters. The molecule has 1 heterocycles. The molecule has 0 aromatic heterocycles. The largest absolute Gasteiger partial charge is 0.326 e. The minimum Gasteiger partial charge on any atom is -0.326 e. The Hall–Kier alpha value is -2.71. The van der Waals surface area contributed by atoms with E-state index in [1.807, 2.05) is 6.07 Å². The van der Waals surface area contributed by atoms with Crippen LogP contribution in [-0.4, -0.2) is 26.3 Å². The highest BCUT2D eigenvalue weighted by Gasteiger charge is 2.28. The van der Waals surface area contributed by atoms with Crippen molar-refractivity contribution in [2.24, 2.45) is 0 Å². The summed E-state index contributed by atoms with van der Waals surface area (Å²) >= 11 is 0. The fourth-order valence-corrected chi connectivity index (χ4v) is 4.31. The van der Waals surface area contributed by atoms with Gasteiger partial charge < -0.3 is 10.6 Å². The highest BCUT2D eigenvalue weighted by atomic mass is 32.2. The van der Waals surface area contributed by atoms with Gasteiger partial charge in [0.2, 0.25) is 15.9 Å². The maximum atomic E-state index is 12.6. The molecule has 140 valence electrons. The van der Waals surface area contributed by atoms with Crippen LogP contribution >= 0.6 is 0 Å². The SMILES string of the molecule is O=C1CCc2cc(NC(=O)c3cccc(S(=O)(=O)NC4CC4)c3)ccc2N1. The van der Waals surface area contributed by atoms with Crippen LogP contribution in [-0.2, 0) is 21.2 Å². The Balaban J connectivity index is 1.52. The second-order valence-corrected chi connectivity index (χ2v) is 8.51. The van der Waals surface area contributed by atoms with Crippen LogP contribution in [0.1, 0.15) is 35.2 Å². The van der Waals surface area contributed by atoms with Crippen molar-refractivity contribution in [3.8, 4) is 0 Å². The minimum atomic E-state index is -3.61. The van der Waals surface area contributed by atoms with Crippen LogP contribution in [0.5, 0.6) is 0 Å². The summed E-state index contributed by atoms with van der Waals surface area (Å²) in [5, 5.41) is 5.58. The van der Waals surface area contributed by atoms with E-state index in [-0.39, 0.29) is 22.4 Å². The van der Waals surface area contributed by atoms with Crippen molar-refractivity contribution in [1.82, 2.24) is 4.72 Å². The lowest BCUT2D eigenvalue weighted by atomic mass is 10.0. The van der Waals surface area contributed by atoms with Gasteiger partial charge in [-0.05, 0) is 61.2 Å². The van der Waals surface area contributed by atoms with E-state index in [4.69, 9.17) is 0 Å². The van der Waals surface area contributed by atoms with Crippen molar-refractivity contribution < 1.29 is 18.0 Å². The van der Waals surface area contributed by atoms with Crippen LogP contribution in [0.3, 0.4) is 0 Å². The maximum absolute atomic E-state index is 12.6. The number of hydrogen-bond acceptors (Lipinski definition) is 4. The molecule has 1 aliphatic carbocycles. The molecule has 0 spiro atoms. The van der Waals surface area contributed by atoms with Crippen molar-refractivity contribution in [3.63, 3.8) is 0 Å². The van der Waals surface area contributed by atoms with E-state index >= 15 is 0 Å². The van der Waals surface area contributed by atoms with Gasteiger partial charge in [-0.3, -0.25) is 9.59 Å². The van der Waals surface area contributed by atoms with Gasteiger partial charge in [0, 0.05) is 29.4 Å². The van der Waals surface area contributed by atoms with Gasteiger partial charge in [0.25, 0.3) is 5.91 Å². The average molecular weight is 385 g/mol. The van der Waals surface area contributed by atoms with E-state index in [2.05, 4.69) is 15.4 Å². The van der Waals surface area contributed by atoms with E-state index in [0.717, 1.165) is 24.1 Å². The molecular formula is C19H19N3O4S. The quantitative estimate of drug-likeness (QED) is 0.734. The number of hydrogen-bond donors (Lipinski definition) is 3. The van der Waals surface area contributed by atoms with E-state index < -0.39 is 15.9 Å². The van der Waals surface area contributed by atoms with E-state index in [9.17, 15) is 18.0 Å². The van der Waals surface area contributed by atoms with Crippen molar-refractivity contribution in [3.05, 3.63) is 53.6 Å². The molecular weight excluding hydrogens is 366 g/mol. The third-order valence-corrected chi connectivity index (χ3v) is 6.08. The Morgan fingerprint density at radius 3 is 2.67 bits per heavy atom. The second-order valence-electron chi connectivity index (χ2n) is 6.80. The molecule has 2 amide bonds. The van der Waals surface area contributed by atoms with Gasteiger partial charge in [-0.15, -0.1) is 0 Å². The number of anilines is 2. The van der Waals surface area contributed by atoms with Crippen LogP contribution in [0.15, 0.2) is 47.4 Å². The number of rotatable bonds is 5. The van der Waals surface area contributed by atoms with Gasteiger partial charge in [-0.25, -0.2) is 13.1 Å². The standard InChI is InChI=1S/C19H19N3O4S/c23-18-9-4-12-10-15(7-8-17(12)21-18)20-19(24)13-2-1-3-16(11-13)27(25,26)22-14-5-6-14/h1-3,7-8,10-11,14,22H,4-6,9H2,(H,20,24)(H,21,23). The van der Waals surface area contributed by atoms with Crippen LogP contribution in [0.25, 0.3) is 0 Å². The van der Waals surface area contributed by atoms with Crippen molar-refractivity contribution >= 4 is 33.2 Å². The van der Waals surface area contributed by atoms with Gasteiger partial charge >= 0.3 is 0 Å². The Morgan fingerprint density at radius 2 is 1.89 bits per heavy atom. The molecule has 0 bridgehead atoms. The molecule has 27 heavy (non-hydrogen) atoms. The van der Waals surface area contributed by atoms with E-state index in [0.29, 0.717) is 18.5 Å². The molecule has 4 rings (SSSR count). The predicted molar refractivity (Wildman–Crippen MR) is 101 cm³/mol. The summed E-state index contributed by atoms with van der Waals surface area (Å²) in [5.74, 6) is -0.407. The van der Waals surface area contributed by atoms with Crippen LogP contribution in [0, 0.1) is 0 Å². The lowest BCUT2D eigenvalue weighted by Crippen LogP contribution is -2.26. The third-order valence-electron chi connectivity index (χ3n) is 4.56. The first-order valence-corrected chi connectivity index (χ1v) is 10.3. The topological polar surface area (TPSA) is 104 Å². The van der Waals surface area contributed by atoms with E-state index in [1.54, 1.807) is 24.3 Å². The van der Waals surface area contributed by atoms with Gasteiger partial charge in [-0.1, -0.05) is 6.07 Å². The number of benzene rings is 2. The first-order valence-electron chi connectivity index (χ1n) is 8.77. The smallest absolute Gasteiger partial charge is 0.255 e. The molecule has 0 saturated heterocycles. The van der Waals surface area contributed by atoms with E-state index in [1.165, 1.54) is 12.1 Å². The summed E-state index contributed by atoms with van der Waals surface area (Å²) in [6.07, 6.45) is 2.72. The zero-order chi connectivity index (χ0) is 19.0.